The summed E-state index contributed by atoms with van der Waals surface area (Å²) in [6, 6.07) is 21.4. The van der Waals surface area contributed by atoms with Crippen molar-refractivity contribution < 1.29 is 13.9 Å². The second-order valence-electron chi connectivity index (χ2n) is 6.63. The summed E-state index contributed by atoms with van der Waals surface area (Å²) < 4.78 is 20.4. The van der Waals surface area contributed by atoms with Crippen LogP contribution in [0.1, 0.15) is 15.9 Å². The van der Waals surface area contributed by atoms with E-state index in [0.717, 1.165) is 22.2 Å². The Morgan fingerprint density at radius 2 is 1.76 bits per heavy atom. The third-order valence-corrected chi connectivity index (χ3v) is 5.45. The van der Waals surface area contributed by atoms with Gasteiger partial charge in [-0.1, -0.05) is 53.7 Å². The highest BCUT2D eigenvalue weighted by molar-refractivity contribution is 7.98. The molecule has 0 radical (unpaired) electrons. The minimum atomic E-state index is -0.269. The molecular formula is C23H19FN2O2S. The summed E-state index contributed by atoms with van der Waals surface area (Å²) in [5.74, 6) is 0.764. The van der Waals surface area contributed by atoms with E-state index in [-0.39, 0.29) is 18.3 Å². The van der Waals surface area contributed by atoms with Gasteiger partial charge in [-0.3, -0.25) is 9.36 Å². The number of fused-ring (bicyclic) bond motifs is 1. The predicted molar refractivity (Wildman–Crippen MR) is 113 cm³/mol. The summed E-state index contributed by atoms with van der Waals surface area (Å²) >= 11 is 1.44. The summed E-state index contributed by atoms with van der Waals surface area (Å²) in [5, 5.41) is 0.591. The number of nitrogens with zero attached hydrogens (tertiary/aromatic N) is 2. The number of para-hydroxylation sites is 2. The summed E-state index contributed by atoms with van der Waals surface area (Å²) in [6.45, 7) is 1.91. The van der Waals surface area contributed by atoms with Gasteiger partial charge >= 0.3 is 0 Å². The molecule has 4 rings (SSSR count). The molecule has 0 fully saturated rings. The molecule has 0 bridgehead atoms. The van der Waals surface area contributed by atoms with E-state index in [0.29, 0.717) is 16.7 Å². The van der Waals surface area contributed by atoms with Crippen LogP contribution < -0.4 is 4.74 Å². The van der Waals surface area contributed by atoms with Gasteiger partial charge in [-0.2, -0.15) is 0 Å². The van der Waals surface area contributed by atoms with Gasteiger partial charge in [0, 0.05) is 5.75 Å². The van der Waals surface area contributed by atoms with Crippen LogP contribution in [0.15, 0.2) is 78.0 Å². The van der Waals surface area contributed by atoms with Crippen LogP contribution >= 0.6 is 11.8 Å². The first-order valence-corrected chi connectivity index (χ1v) is 10.2. The Morgan fingerprint density at radius 1 is 1.03 bits per heavy atom. The Balaban J connectivity index is 1.56. The lowest BCUT2D eigenvalue weighted by Crippen LogP contribution is -2.20. The Bertz CT molecular complexity index is 1140. The topological polar surface area (TPSA) is 44.1 Å². The molecule has 0 aliphatic carbocycles. The maximum atomic E-state index is 13.1. The van der Waals surface area contributed by atoms with Gasteiger partial charge in [0.1, 0.15) is 11.6 Å². The lowest BCUT2D eigenvalue weighted by Gasteiger charge is -2.09. The molecule has 1 heterocycles. The zero-order valence-electron chi connectivity index (χ0n) is 15.8. The van der Waals surface area contributed by atoms with E-state index in [4.69, 9.17) is 4.74 Å². The molecule has 3 aromatic carbocycles. The van der Waals surface area contributed by atoms with Gasteiger partial charge in [0.05, 0.1) is 11.0 Å². The van der Waals surface area contributed by atoms with Crippen molar-refractivity contribution in [2.24, 2.45) is 0 Å². The van der Waals surface area contributed by atoms with E-state index in [9.17, 15) is 9.18 Å². The second-order valence-corrected chi connectivity index (χ2v) is 7.57. The minimum absolute atomic E-state index is 0.0898. The highest BCUT2D eigenvalue weighted by Gasteiger charge is 2.18. The predicted octanol–water partition coefficient (Wildman–Crippen LogP) is 5.50. The molecule has 0 spiro atoms. The fourth-order valence-electron chi connectivity index (χ4n) is 2.91. The molecule has 0 unspecified atom stereocenters. The van der Waals surface area contributed by atoms with Crippen molar-refractivity contribution in [3.8, 4) is 5.75 Å². The Labute approximate surface area is 172 Å². The molecule has 1 aromatic heterocycles. The third kappa shape index (κ3) is 4.49. The van der Waals surface area contributed by atoms with E-state index in [2.05, 4.69) is 4.98 Å². The monoisotopic (exact) mass is 406 g/mol. The Morgan fingerprint density at radius 3 is 2.52 bits per heavy atom. The zero-order valence-corrected chi connectivity index (χ0v) is 16.7. The number of imidazole rings is 1. The van der Waals surface area contributed by atoms with Crippen LogP contribution in [-0.4, -0.2) is 22.1 Å². The molecule has 0 saturated carbocycles. The molecular weight excluding hydrogens is 387 g/mol. The number of halogens is 1. The minimum Gasteiger partial charge on any atom is -0.484 e. The SMILES string of the molecule is Cc1ccc(OCC(=O)n2c(SCc3ccc(F)cc3)nc3ccccc32)cc1. The molecule has 0 N–H and O–H groups in total. The summed E-state index contributed by atoms with van der Waals surface area (Å²) in [4.78, 5) is 17.6. The number of aryl methyl sites for hydroxylation is 1. The maximum absolute atomic E-state index is 13.1. The van der Waals surface area contributed by atoms with Crippen molar-refractivity contribution in [1.82, 2.24) is 9.55 Å². The van der Waals surface area contributed by atoms with Crippen molar-refractivity contribution in [2.75, 3.05) is 6.61 Å². The number of hydrogen-bond donors (Lipinski definition) is 0. The summed E-state index contributed by atoms with van der Waals surface area (Å²) in [6.07, 6.45) is 0. The van der Waals surface area contributed by atoms with Gasteiger partial charge in [0.25, 0.3) is 5.91 Å². The van der Waals surface area contributed by atoms with Gasteiger partial charge in [-0.15, -0.1) is 0 Å². The number of thioether (sulfide) groups is 1. The first-order chi connectivity index (χ1) is 14.1. The fraction of sp³-hybridized carbons (Fsp3) is 0.130. The van der Waals surface area contributed by atoms with E-state index in [1.54, 1.807) is 16.7 Å². The van der Waals surface area contributed by atoms with E-state index < -0.39 is 0 Å². The average Bonchev–Trinajstić information content (AvgIpc) is 3.11. The van der Waals surface area contributed by atoms with Crippen LogP contribution in [0.25, 0.3) is 11.0 Å². The molecule has 0 atom stereocenters. The summed E-state index contributed by atoms with van der Waals surface area (Å²) in [7, 11) is 0. The largest absolute Gasteiger partial charge is 0.484 e. The normalized spacial score (nSPS) is 11.0. The third-order valence-electron chi connectivity index (χ3n) is 4.44. The number of carbonyl (C=O) groups is 1. The van der Waals surface area contributed by atoms with E-state index in [1.165, 1.54) is 23.9 Å². The zero-order chi connectivity index (χ0) is 20.2. The van der Waals surface area contributed by atoms with Gasteiger partial charge in [-0.05, 0) is 48.9 Å². The molecule has 0 aliphatic rings. The number of benzene rings is 3. The smallest absolute Gasteiger partial charge is 0.271 e. The van der Waals surface area contributed by atoms with Crippen molar-refractivity contribution in [3.63, 3.8) is 0 Å². The van der Waals surface area contributed by atoms with E-state index in [1.807, 2.05) is 55.5 Å². The van der Waals surface area contributed by atoms with Gasteiger partial charge in [0.15, 0.2) is 11.8 Å². The summed E-state index contributed by atoms with van der Waals surface area (Å²) in [5.41, 5.74) is 3.58. The van der Waals surface area contributed by atoms with Crippen LogP contribution in [0.5, 0.6) is 5.75 Å². The molecule has 4 nitrogen and oxygen atoms in total. The van der Waals surface area contributed by atoms with Crippen LogP contribution in [0, 0.1) is 12.7 Å². The number of ether oxygens (including phenoxy) is 1. The van der Waals surface area contributed by atoms with Crippen molar-refractivity contribution in [3.05, 3.63) is 89.7 Å². The van der Waals surface area contributed by atoms with Crippen LogP contribution in [0.3, 0.4) is 0 Å². The molecule has 0 saturated heterocycles. The van der Waals surface area contributed by atoms with Crippen molar-refractivity contribution in [2.45, 2.75) is 17.8 Å². The number of rotatable bonds is 6. The van der Waals surface area contributed by atoms with Gasteiger partial charge < -0.3 is 4.74 Å². The average molecular weight is 406 g/mol. The lowest BCUT2D eigenvalue weighted by atomic mass is 10.2. The molecule has 146 valence electrons. The van der Waals surface area contributed by atoms with Crippen molar-refractivity contribution in [1.29, 1.82) is 0 Å². The molecule has 0 aliphatic heterocycles. The molecule has 0 amide bonds. The number of hydrogen-bond acceptors (Lipinski definition) is 4. The van der Waals surface area contributed by atoms with Crippen LogP contribution in [0.4, 0.5) is 4.39 Å². The van der Waals surface area contributed by atoms with Crippen LogP contribution in [0.2, 0.25) is 0 Å². The standard InChI is InChI=1S/C23H19FN2O2S/c1-16-6-12-19(13-7-16)28-14-22(27)26-21-5-3-2-4-20(21)25-23(26)29-15-17-8-10-18(24)11-9-17/h2-13H,14-15H2,1H3. The first kappa shape index (κ1) is 19.2. The second kappa shape index (κ2) is 8.49. The Hall–Kier alpha value is -3.12. The maximum Gasteiger partial charge on any atom is 0.271 e. The van der Waals surface area contributed by atoms with Crippen LogP contribution in [-0.2, 0) is 5.75 Å². The number of aromatic nitrogens is 2. The Kier molecular flexibility index (Phi) is 5.62. The lowest BCUT2D eigenvalue weighted by molar-refractivity contribution is 0.0832. The highest BCUT2D eigenvalue weighted by atomic mass is 32.2. The van der Waals surface area contributed by atoms with E-state index >= 15 is 0 Å². The molecule has 6 heteroatoms. The number of carbonyl (C=O) groups excluding carboxylic acids is 1. The highest BCUT2D eigenvalue weighted by Crippen LogP contribution is 2.27. The molecule has 29 heavy (non-hydrogen) atoms. The van der Waals surface area contributed by atoms with Gasteiger partial charge in [-0.25, -0.2) is 9.37 Å². The van der Waals surface area contributed by atoms with Crippen molar-refractivity contribution >= 4 is 28.7 Å². The molecule has 4 aromatic rings. The quantitative estimate of drug-likeness (QED) is 0.397. The van der Waals surface area contributed by atoms with Gasteiger partial charge in [0.2, 0.25) is 0 Å². The fourth-order valence-corrected chi connectivity index (χ4v) is 3.89. The first-order valence-electron chi connectivity index (χ1n) is 9.17.